The highest BCUT2D eigenvalue weighted by Crippen LogP contribution is 2.25. The molecule has 0 saturated carbocycles. The third-order valence-corrected chi connectivity index (χ3v) is 4.57. The predicted molar refractivity (Wildman–Crippen MR) is 110 cm³/mol. The summed E-state index contributed by atoms with van der Waals surface area (Å²) in [6.45, 7) is 5.52. The van der Waals surface area contributed by atoms with E-state index in [-0.39, 0.29) is 18.1 Å². The normalized spacial score (nSPS) is 10.8. The highest BCUT2D eigenvalue weighted by atomic mass is 19.1. The van der Waals surface area contributed by atoms with Gasteiger partial charge in [-0.2, -0.15) is 4.68 Å². The van der Waals surface area contributed by atoms with Crippen LogP contribution in [0.3, 0.4) is 0 Å². The number of halogens is 1. The van der Waals surface area contributed by atoms with Gasteiger partial charge in [0.25, 0.3) is 5.91 Å². The Hall–Kier alpha value is -4.08. The summed E-state index contributed by atoms with van der Waals surface area (Å²) in [5.41, 5.74) is 3.51. The zero-order chi connectivity index (χ0) is 22.0. The van der Waals surface area contributed by atoms with Crippen LogP contribution >= 0.6 is 0 Å². The number of hydrogen-bond donors (Lipinski definition) is 1. The molecular weight excluding hydrogens is 399 g/mol. The van der Waals surface area contributed by atoms with Crippen LogP contribution in [0, 0.1) is 26.6 Å². The molecule has 0 fully saturated rings. The second-order valence-electron chi connectivity index (χ2n) is 7.08. The number of carbonyl (C=O) groups is 1. The average molecular weight is 418 g/mol. The van der Waals surface area contributed by atoms with Crippen LogP contribution in [0.25, 0.3) is 16.9 Å². The number of aryl methyl sites for hydroxylation is 3. The molecule has 4 aromatic rings. The molecular formula is C21H19FN8O. The second-order valence-corrected chi connectivity index (χ2v) is 7.08. The van der Waals surface area contributed by atoms with Crippen molar-refractivity contribution in [2.75, 3.05) is 0 Å². The van der Waals surface area contributed by atoms with E-state index < -0.39 is 5.82 Å². The minimum Gasteiger partial charge on any atom is -0.346 e. The number of hydrogen-bond acceptors (Lipinski definition) is 7. The van der Waals surface area contributed by atoms with Gasteiger partial charge in [-0.3, -0.25) is 19.7 Å². The van der Waals surface area contributed by atoms with E-state index in [4.69, 9.17) is 0 Å². The van der Waals surface area contributed by atoms with E-state index in [1.165, 1.54) is 10.7 Å². The van der Waals surface area contributed by atoms with Gasteiger partial charge < -0.3 is 5.32 Å². The first-order chi connectivity index (χ1) is 14.9. The maximum Gasteiger partial charge on any atom is 0.251 e. The van der Waals surface area contributed by atoms with Gasteiger partial charge in [0.1, 0.15) is 11.5 Å². The smallest absolute Gasteiger partial charge is 0.251 e. The van der Waals surface area contributed by atoms with Crippen molar-refractivity contribution >= 4 is 5.91 Å². The molecule has 0 spiro atoms. The van der Waals surface area contributed by atoms with Crippen molar-refractivity contribution in [3.63, 3.8) is 0 Å². The lowest BCUT2D eigenvalue weighted by atomic mass is 10.0. The Kier molecular flexibility index (Phi) is 5.44. The highest BCUT2D eigenvalue weighted by Gasteiger charge is 2.16. The summed E-state index contributed by atoms with van der Waals surface area (Å²) in [7, 11) is 0. The van der Waals surface area contributed by atoms with Crippen molar-refractivity contribution in [1.29, 1.82) is 0 Å². The first-order valence-corrected chi connectivity index (χ1v) is 9.49. The highest BCUT2D eigenvalue weighted by molar-refractivity contribution is 5.96. The van der Waals surface area contributed by atoms with Crippen molar-refractivity contribution in [2.45, 2.75) is 27.3 Å². The lowest BCUT2D eigenvalue weighted by molar-refractivity contribution is 0.0950. The summed E-state index contributed by atoms with van der Waals surface area (Å²) < 4.78 is 16.1. The van der Waals surface area contributed by atoms with Crippen LogP contribution in [-0.4, -0.2) is 41.1 Å². The molecule has 0 aliphatic carbocycles. The number of nitrogens with one attached hydrogen (secondary N) is 1. The van der Waals surface area contributed by atoms with Gasteiger partial charge in [-0.15, -0.1) is 5.10 Å². The van der Waals surface area contributed by atoms with Crippen LogP contribution in [0.15, 0.2) is 42.9 Å². The topological polar surface area (TPSA) is 111 Å². The Labute approximate surface area is 177 Å². The Morgan fingerprint density at radius 2 is 1.87 bits per heavy atom. The lowest BCUT2D eigenvalue weighted by Gasteiger charge is -2.11. The molecule has 1 N–H and O–H groups in total. The van der Waals surface area contributed by atoms with Crippen LogP contribution in [0.2, 0.25) is 0 Å². The lowest BCUT2D eigenvalue weighted by Crippen LogP contribution is -2.23. The van der Waals surface area contributed by atoms with Gasteiger partial charge in [0.2, 0.25) is 0 Å². The van der Waals surface area contributed by atoms with E-state index in [1.807, 2.05) is 6.92 Å². The number of carbonyl (C=O) groups excluding carboxylic acids is 1. The van der Waals surface area contributed by atoms with Crippen molar-refractivity contribution in [2.24, 2.45) is 0 Å². The third-order valence-electron chi connectivity index (χ3n) is 4.57. The molecule has 4 rings (SSSR count). The first kappa shape index (κ1) is 20.2. The van der Waals surface area contributed by atoms with Gasteiger partial charge in [0, 0.05) is 23.5 Å². The van der Waals surface area contributed by atoms with Crippen LogP contribution in [-0.2, 0) is 6.54 Å². The Morgan fingerprint density at radius 3 is 2.55 bits per heavy atom. The largest absolute Gasteiger partial charge is 0.346 e. The second kappa shape index (κ2) is 8.34. The van der Waals surface area contributed by atoms with Crippen LogP contribution in [0.5, 0.6) is 0 Å². The number of benzene rings is 1. The molecule has 0 atom stereocenters. The van der Waals surface area contributed by atoms with Crippen LogP contribution in [0.1, 0.15) is 33.1 Å². The molecule has 9 nitrogen and oxygen atoms in total. The fourth-order valence-electron chi connectivity index (χ4n) is 3.00. The first-order valence-electron chi connectivity index (χ1n) is 9.49. The maximum absolute atomic E-state index is 14.6. The molecule has 0 bridgehead atoms. The van der Waals surface area contributed by atoms with Crippen molar-refractivity contribution < 1.29 is 9.18 Å². The average Bonchev–Trinajstić information content (AvgIpc) is 3.18. The summed E-state index contributed by atoms with van der Waals surface area (Å²) in [5.74, 6) is -0.314. The quantitative estimate of drug-likeness (QED) is 0.530. The third kappa shape index (κ3) is 4.42. The Balaban J connectivity index is 1.71. The predicted octanol–water partition coefficient (Wildman–Crippen LogP) is 2.51. The molecule has 0 aliphatic rings. The van der Waals surface area contributed by atoms with Gasteiger partial charge >= 0.3 is 0 Å². The molecule has 1 amide bonds. The minimum atomic E-state index is -0.480. The fourth-order valence-corrected chi connectivity index (χ4v) is 3.00. The summed E-state index contributed by atoms with van der Waals surface area (Å²) >= 11 is 0. The number of amides is 1. The van der Waals surface area contributed by atoms with Gasteiger partial charge in [-0.25, -0.2) is 4.39 Å². The summed E-state index contributed by atoms with van der Waals surface area (Å²) in [6.07, 6.45) is 4.81. The van der Waals surface area contributed by atoms with Crippen molar-refractivity contribution in [3.8, 4) is 16.9 Å². The van der Waals surface area contributed by atoms with E-state index in [2.05, 4.69) is 35.8 Å². The van der Waals surface area contributed by atoms with Gasteiger partial charge in [-0.1, -0.05) is 0 Å². The molecule has 1 aromatic carbocycles. The molecule has 0 unspecified atom stereocenters. The Bertz CT molecular complexity index is 1250. The van der Waals surface area contributed by atoms with E-state index in [0.29, 0.717) is 33.9 Å². The molecule has 10 heteroatoms. The SMILES string of the molecule is Cc1cnc(-c2cc(C(=O)NCc3cnc(C)cn3)cc(-n3nnnc3C)c2)c(F)c1. The summed E-state index contributed by atoms with van der Waals surface area (Å²) in [5, 5.41) is 14.3. The molecule has 3 heterocycles. The summed E-state index contributed by atoms with van der Waals surface area (Å²) in [4.78, 5) is 25.5. The Morgan fingerprint density at radius 1 is 1.03 bits per heavy atom. The number of nitrogens with zero attached hydrogens (tertiary/aromatic N) is 7. The van der Waals surface area contributed by atoms with Crippen LogP contribution in [0.4, 0.5) is 4.39 Å². The molecule has 0 saturated heterocycles. The monoisotopic (exact) mass is 418 g/mol. The standard InChI is InChI=1S/C21H19FN8O/c1-12-4-19(22)20(25-8-12)15-5-16(7-18(6-15)30-14(3)27-28-29-30)21(31)26-11-17-10-23-13(2)9-24-17/h4-10H,11H2,1-3H3,(H,26,31). The number of pyridine rings is 1. The molecule has 3 aromatic heterocycles. The maximum atomic E-state index is 14.6. The van der Waals surface area contributed by atoms with Crippen molar-refractivity contribution in [1.82, 2.24) is 40.5 Å². The van der Waals surface area contributed by atoms with E-state index in [0.717, 1.165) is 5.69 Å². The zero-order valence-electron chi connectivity index (χ0n) is 17.2. The van der Waals surface area contributed by atoms with Gasteiger partial charge in [0.05, 0.1) is 29.8 Å². The zero-order valence-corrected chi connectivity index (χ0v) is 17.2. The van der Waals surface area contributed by atoms with Gasteiger partial charge in [-0.05, 0) is 61.0 Å². The fraction of sp³-hybridized carbons (Fsp3) is 0.190. The number of rotatable bonds is 5. The van der Waals surface area contributed by atoms with Crippen LogP contribution < -0.4 is 5.32 Å². The molecule has 0 radical (unpaired) electrons. The van der Waals surface area contributed by atoms with E-state index in [1.54, 1.807) is 50.6 Å². The van der Waals surface area contributed by atoms with Crippen molar-refractivity contribution in [3.05, 3.63) is 77.0 Å². The van der Waals surface area contributed by atoms with E-state index in [9.17, 15) is 9.18 Å². The van der Waals surface area contributed by atoms with Gasteiger partial charge in [0.15, 0.2) is 5.82 Å². The minimum absolute atomic E-state index is 0.136. The molecule has 0 aliphatic heterocycles. The molecule has 156 valence electrons. The number of aromatic nitrogens is 7. The molecule has 31 heavy (non-hydrogen) atoms. The number of tetrazole rings is 1. The summed E-state index contributed by atoms with van der Waals surface area (Å²) in [6, 6.07) is 6.30. The van der Waals surface area contributed by atoms with E-state index >= 15 is 0 Å².